The monoisotopic (exact) mass is 285 g/mol. The predicted molar refractivity (Wildman–Crippen MR) is 86.0 cm³/mol. The maximum Gasteiger partial charge on any atom is 0.125 e. The van der Waals surface area contributed by atoms with E-state index in [1.54, 1.807) is 7.11 Å². The Labute approximate surface area is 126 Å². The molecule has 0 aliphatic rings. The van der Waals surface area contributed by atoms with Gasteiger partial charge in [-0.3, -0.25) is 0 Å². The van der Waals surface area contributed by atoms with Crippen LogP contribution in [0, 0.1) is 13.8 Å². The van der Waals surface area contributed by atoms with Crippen molar-refractivity contribution in [1.29, 1.82) is 0 Å². The van der Waals surface area contributed by atoms with Crippen LogP contribution in [-0.2, 0) is 13.2 Å². The fraction of sp³-hybridized carbons (Fsp3) is 0.333. The van der Waals surface area contributed by atoms with Gasteiger partial charge in [0.2, 0.25) is 0 Å². The van der Waals surface area contributed by atoms with Gasteiger partial charge in [0.1, 0.15) is 18.1 Å². The van der Waals surface area contributed by atoms with Crippen molar-refractivity contribution in [1.82, 2.24) is 5.32 Å². The third-order valence-corrected chi connectivity index (χ3v) is 3.42. The van der Waals surface area contributed by atoms with Crippen molar-refractivity contribution in [2.24, 2.45) is 0 Å². The molecule has 0 aliphatic carbocycles. The average Bonchev–Trinajstić information content (AvgIpc) is 2.47. The molecule has 112 valence electrons. The summed E-state index contributed by atoms with van der Waals surface area (Å²) < 4.78 is 11.2. The van der Waals surface area contributed by atoms with Crippen molar-refractivity contribution < 1.29 is 9.47 Å². The number of rotatable bonds is 6. The number of methoxy groups -OCH3 is 1. The van der Waals surface area contributed by atoms with Crippen molar-refractivity contribution in [3.63, 3.8) is 0 Å². The summed E-state index contributed by atoms with van der Waals surface area (Å²) in [5.41, 5.74) is 4.72. The number of aryl methyl sites for hydroxylation is 2. The van der Waals surface area contributed by atoms with Crippen LogP contribution < -0.4 is 14.8 Å². The minimum absolute atomic E-state index is 0.546. The molecule has 0 heterocycles. The first-order valence-corrected chi connectivity index (χ1v) is 7.14. The van der Waals surface area contributed by atoms with Gasteiger partial charge in [-0.25, -0.2) is 0 Å². The molecule has 3 heteroatoms. The fourth-order valence-corrected chi connectivity index (χ4v) is 2.49. The van der Waals surface area contributed by atoms with Gasteiger partial charge in [0.15, 0.2) is 0 Å². The molecule has 2 rings (SSSR count). The lowest BCUT2D eigenvalue weighted by Crippen LogP contribution is -2.06. The van der Waals surface area contributed by atoms with Gasteiger partial charge in [0, 0.05) is 6.54 Å². The molecule has 0 saturated carbocycles. The molecular formula is C18H23NO2. The Kier molecular flexibility index (Phi) is 5.23. The number of hydrogen-bond donors (Lipinski definition) is 1. The molecule has 0 atom stereocenters. The lowest BCUT2D eigenvalue weighted by atomic mass is 10.1. The fourth-order valence-electron chi connectivity index (χ4n) is 2.49. The van der Waals surface area contributed by atoms with Crippen molar-refractivity contribution in [3.05, 3.63) is 58.7 Å². The highest BCUT2D eigenvalue weighted by Crippen LogP contribution is 2.26. The molecule has 0 fully saturated rings. The Hall–Kier alpha value is -2.00. The predicted octanol–water partition coefficient (Wildman–Crippen LogP) is 3.61. The summed E-state index contributed by atoms with van der Waals surface area (Å²) in [6.07, 6.45) is 0. The molecule has 2 aromatic rings. The Morgan fingerprint density at radius 2 is 1.71 bits per heavy atom. The van der Waals surface area contributed by atoms with Crippen LogP contribution in [0.1, 0.15) is 22.3 Å². The molecule has 2 aromatic carbocycles. The third kappa shape index (κ3) is 3.99. The first-order valence-electron chi connectivity index (χ1n) is 7.14. The third-order valence-electron chi connectivity index (χ3n) is 3.42. The summed E-state index contributed by atoms with van der Waals surface area (Å²) in [6, 6.07) is 12.3. The first-order chi connectivity index (χ1) is 10.1. The molecule has 0 bridgehead atoms. The summed E-state index contributed by atoms with van der Waals surface area (Å²) in [6.45, 7) is 5.60. The standard InChI is InChI=1S/C18H23NO2/c1-13-8-16(11-19-3)9-14(2)18(13)21-12-15-6-5-7-17(10-15)20-4/h5-10,19H,11-12H2,1-4H3. The van der Waals surface area contributed by atoms with Crippen LogP contribution in [-0.4, -0.2) is 14.2 Å². The highest BCUT2D eigenvalue weighted by molar-refractivity contribution is 5.43. The lowest BCUT2D eigenvalue weighted by molar-refractivity contribution is 0.301. The van der Waals surface area contributed by atoms with Gasteiger partial charge in [-0.05, 0) is 55.3 Å². The summed E-state index contributed by atoms with van der Waals surface area (Å²) in [7, 11) is 3.63. The number of ether oxygens (including phenoxy) is 2. The van der Waals surface area contributed by atoms with Gasteiger partial charge in [-0.2, -0.15) is 0 Å². The van der Waals surface area contributed by atoms with Gasteiger partial charge in [0.05, 0.1) is 7.11 Å². The van der Waals surface area contributed by atoms with E-state index in [0.717, 1.165) is 23.6 Å². The smallest absolute Gasteiger partial charge is 0.125 e. The van der Waals surface area contributed by atoms with E-state index in [1.165, 1.54) is 16.7 Å². The van der Waals surface area contributed by atoms with Crippen LogP contribution in [0.2, 0.25) is 0 Å². The van der Waals surface area contributed by atoms with Crippen LogP contribution in [0.4, 0.5) is 0 Å². The van der Waals surface area contributed by atoms with Crippen molar-refractivity contribution in [2.45, 2.75) is 27.0 Å². The molecule has 0 unspecified atom stereocenters. The zero-order valence-electron chi connectivity index (χ0n) is 13.2. The number of hydrogen-bond acceptors (Lipinski definition) is 3. The number of nitrogens with one attached hydrogen (secondary N) is 1. The largest absolute Gasteiger partial charge is 0.497 e. The molecule has 0 saturated heterocycles. The zero-order chi connectivity index (χ0) is 15.2. The van der Waals surface area contributed by atoms with Crippen LogP contribution in [0.25, 0.3) is 0 Å². The molecular weight excluding hydrogens is 262 g/mol. The second kappa shape index (κ2) is 7.14. The van der Waals surface area contributed by atoms with E-state index in [0.29, 0.717) is 6.61 Å². The summed E-state index contributed by atoms with van der Waals surface area (Å²) in [5.74, 6) is 1.83. The summed E-state index contributed by atoms with van der Waals surface area (Å²) >= 11 is 0. The van der Waals surface area contributed by atoms with E-state index in [-0.39, 0.29) is 0 Å². The molecule has 0 spiro atoms. The van der Waals surface area contributed by atoms with Crippen LogP contribution in [0.3, 0.4) is 0 Å². The molecule has 0 aliphatic heterocycles. The van der Waals surface area contributed by atoms with Crippen LogP contribution >= 0.6 is 0 Å². The van der Waals surface area contributed by atoms with E-state index in [9.17, 15) is 0 Å². The molecule has 1 N–H and O–H groups in total. The van der Waals surface area contributed by atoms with Crippen molar-refractivity contribution >= 4 is 0 Å². The SMILES string of the molecule is CNCc1cc(C)c(OCc2cccc(OC)c2)c(C)c1. The quantitative estimate of drug-likeness (QED) is 0.879. The zero-order valence-corrected chi connectivity index (χ0v) is 13.2. The molecule has 21 heavy (non-hydrogen) atoms. The maximum absolute atomic E-state index is 6.01. The average molecular weight is 285 g/mol. The minimum Gasteiger partial charge on any atom is -0.497 e. The van der Waals surface area contributed by atoms with E-state index < -0.39 is 0 Å². The first kappa shape index (κ1) is 15.4. The Morgan fingerprint density at radius 3 is 2.33 bits per heavy atom. The summed E-state index contributed by atoms with van der Waals surface area (Å²) in [5, 5.41) is 3.17. The second-order valence-electron chi connectivity index (χ2n) is 5.23. The lowest BCUT2D eigenvalue weighted by Gasteiger charge is -2.14. The second-order valence-corrected chi connectivity index (χ2v) is 5.23. The normalized spacial score (nSPS) is 10.5. The van der Waals surface area contributed by atoms with Gasteiger partial charge in [-0.15, -0.1) is 0 Å². The Balaban J connectivity index is 2.12. The van der Waals surface area contributed by atoms with Gasteiger partial charge in [0.25, 0.3) is 0 Å². The Morgan fingerprint density at radius 1 is 1.00 bits per heavy atom. The Bertz CT molecular complexity index is 585. The minimum atomic E-state index is 0.546. The molecule has 0 amide bonds. The number of benzene rings is 2. The molecule has 0 aromatic heterocycles. The highest BCUT2D eigenvalue weighted by Gasteiger charge is 2.07. The molecule has 0 radical (unpaired) electrons. The van der Waals surface area contributed by atoms with Crippen molar-refractivity contribution in [2.75, 3.05) is 14.2 Å². The van der Waals surface area contributed by atoms with Gasteiger partial charge >= 0.3 is 0 Å². The van der Waals surface area contributed by atoms with E-state index in [2.05, 4.69) is 31.3 Å². The maximum atomic E-state index is 6.01. The van der Waals surface area contributed by atoms with Crippen LogP contribution in [0.15, 0.2) is 36.4 Å². The van der Waals surface area contributed by atoms with E-state index >= 15 is 0 Å². The van der Waals surface area contributed by atoms with Crippen LogP contribution in [0.5, 0.6) is 11.5 Å². The van der Waals surface area contributed by atoms with Gasteiger partial charge in [-0.1, -0.05) is 24.3 Å². The highest BCUT2D eigenvalue weighted by atomic mass is 16.5. The van der Waals surface area contributed by atoms with Crippen molar-refractivity contribution in [3.8, 4) is 11.5 Å². The van der Waals surface area contributed by atoms with Gasteiger partial charge < -0.3 is 14.8 Å². The van der Waals surface area contributed by atoms with E-state index in [4.69, 9.17) is 9.47 Å². The molecule has 3 nitrogen and oxygen atoms in total. The summed E-state index contributed by atoms with van der Waals surface area (Å²) in [4.78, 5) is 0. The van der Waals surface area contributed by atoms with E-state index in [1.807, 2.05) is 31.3 Å². The topological polar surface area (TPSA) is 30.5 Å².